The number of carbonyl (C=O) groups is 1. The normalized spacial score (nSPS) is 18.8. The number of rotatable bonds is 4. The fraction of sp³-hybridized carbons (Fsp3) is 0.667. The van der Waals surface area contributed by atoms with Crippen molar-refractivity contribution < 1.29 is 4.79 Å². The van der Waals surface area contributed by atoms with Gasteiger partial charge in [-0.15, -0.1) is 23.7 Å². The van der Waals surface area contributed by atoms with Gasteiger partial charge in [0.05, 0.1) is 4.88 Å². The van der Waals surface area contributed by atoms with Crippen LogP contribution in [0.4, 0.5) is 0 Å². The SMILES string of the molecule is CCc1sc(C(=O)N2CCCC(CNC)C2)cc1C.Cl. The zero-order valence-electron chi connectivity index (χ0n) is 12.6. The molecule has 1 aromatic heterocycles. The molecule has 20 heavy (non-hydrogen) atoms. The van der Waals surface area contributed by atoms with Crippen LogP contribution >= 0.6 is 23.7 Å². The van der Waals surface area contributed by atoms with Crippen LogP contribution in [0.3, 0.4) is 0 Å². The van der Waals surface area contributed by atoms with E-state index in [1.165, 1.54) is 16.9 Å². The molecule has 0 saturated carbocycles. The minimum absolute atomic E-state index is 0. The maximum Gasteiger partial charge on any atom is 0.263 e. The molecule has 0 spiro atoms. The van der Waals surface area contributed by atoms with E-state index in [-0.39, 0.29) is 18.3 Å². The molecule has 0 bridgehead atoms. The van der Waals surface area contributed by atoms with E-state index < -0.39 is 0 Å². The zero-order chi connectivity index (χ0) is 13.8. The first kappa shape index (κ1) is 17.5. The highest BCUT2D eigenvalue weighted by atomic mass is 35.5. The molecule has 0 aromatic carbocycles. The van der Waals surface area contributed by atoms with Gasteiger partial charge in [0, 0.05) is 18.0 Å². The number of hydrogen-bond acceptors (Lipinski definition) is 3. The average molecular weight is 317 g/mol. The summed E-state index contributed by atoms with van der Waals surface area (Å²) in [5, 5.41) is 3.22. The molecule has 1 aromatic rings. The number of nitrogens with zero attached hydrogens (tertiary/aromatic N) is 1. The standard InChI is InChI=1S/C15H24N2OS.ClH/c1-4-13-11(2)8-14(19-13)15(18)17-7-5-6-12(10-17)9-16-3;/h8,12,16H,4-7,9-10H2,1-3H3;1H. The second kappa shape index (κ2) is 8.01. The predicted molar refractivity (Wildman–Crippen MR) is 88.2 cm³/mol. The number of halogens is 1. The van der Waals surface area contributed by atoms with Crippen LogP contribution in [0.25, 0.3) is 0 Å². The number of nitrogens with one attached hydrogen (secondary N) is 1. The first-order valence-electron chi connectivity index (χ1n) is 7.18. The van der Waals surface area contributed by atoms with E-state index in [0.29, 0.717) is 5.92 Å². The first-order valence-corrected chi connectivity index (χ1v) is 8.00. The number of amides is 1. The summed E-state index contributed by atoms with van der Waals surface area (Å²) < 4.78 is 0. The second-order valence-corrected chi connectivity index (χ2v) is 6.52. The van der Waals surface area contributed by atoms with Crippen molar-refractivity contribution in [2.75, 3.05) is 26.7 Å². The van der Waals surface area contributed by atoms with Gasteiger partial charge in [-0.1, -0.05) is 6.92 Å². The molecule has 1 N–H and O–H groups in total. The van der Waals surface area contributed by atoms with Crippen molar-refractivity contribution in [3.05, 3.63) is 21.4 Å². The lowest BCUT2D eigenvalue weighted by Crippen LogP contribution is -2.42. The Hall–Kier alpha value is -0.580. The van der Waals surface area contributed by atoms with E-state index in [9.17, 15) is 4.79 Å². The van der Waals surface area contributed by atoms with Crippen molar-refractivity contribution in [2.24, 2.45) is 5.92 Å². The van der Waals surface area contributed by atoms with Crippen molar-refractivity contribution in [3.8, 4) is 0 Å². The van der Waals surface area contributed by atoms with Gasteiger partial charge >= 0.3 is 0 Å². The van der Waals surface area contributed by atoms with Crippen LogP contribution in [0, 0.1) is 12.8 Å². The Kier molecular flexibility index (Phi) is 7.00. The minimum Gasteiger partial charge on any atom is -0.338 e. The largest absolute Gasteiger partial charge is 0.338 e. The lowest BCUT2D eigenvalue weighted by atomic mass is 9.98. The third kappa shape index (κ3) is 3.96. The fourth-order valence-corrected chi connectivity index (χ4v) is 3.92. The molecule has 1 saturated heterocycles. The van der Waals surface area contributed by atoms with Crippen molar-refractivity contribution in [2.45, 2.75) is 33.1 Å². The summed E-state index contributed by atoms with van der Waals surface area (Å²) in [6.07, 6.45) is 3.38. The molecule has 1 aliphatic rings. The molecule has 3 nitrogen and oxygen atoms in total. The van der Waals surface area contributed by atoms with Gasteiger partial charge in [-0.2, -0.15) is 0 Å². The van der Waals surface area contributed by atoms with Gasteiger partial charge < -0.3 is 10.2 Å². The van der Waals surface area contributed by atoms with Crippen molar-refractivity contribution >= 4 is 29.7 Å². The zero-order valence-corrected chi connectivity index (χ0v) is 14.2. The molecule has 0 aliphatic carbocycles. The highest BCUT2D eigenvalue weighted by molar-refractivity contribution is 7.14. The summed E-state index contributed by atoms with van der Waals surface area (Å²) in [6, 6.07) is 2.06. The Bertz CT molecular complexity index is 445. The number of aryl methyl sites for hydroxylation is 2. The maximum absolute atomic E-state index is 12.5. The lowest BCUT2D eigenvalue weighted by molar-refractivity contribution is 0.0679. The van der Waals surface area contributed by atoms with Crippen LogP contribution in [0.5, 0.6) is 0 Å². The molecular formula is C15H25ClN2OS. The molecule has 1 aliphatic heterocycles. The summed E-state index contributed by atoms with van der Waals surface area (Å²) in [5.74, 6) is 0.836. The highest BCUT2D eigenvalue weighted by Gasteiger charge is 2.25. The van der Waals surface area contributed by atoms with Crippen LogP contribution in [-0.2, 0) is 6.42 Å². The maximum atomic E-state index is 12.5. The summed E-state index contributed by atoms with van der Waals surface area (Å²) in [6.45, 7) is 7.08. The van der Waals surface area contributed by atoms with E-state index in [1.807, 2.05) is 11.9 Å². The van der Waals surface area contributed by atoms with Crippen LogP contribution < -0.4 is 5.32 Å². The average Bonchev–Trinajstić information content (AvgIpc) is 2.80. The molecule has 5 heteroatoms. The van der Waals surface area contributed by atoms with E-state index in [4.69, 9.17) is 0 Å². The molecule has 2 rings (SSSR count). The number of piperidine rings is 1. The number of likely N-dealkylation sites (tertiary alicyclic amines) is 1. The van der Waals surface area contributed by atoms with Crippen molar-refractivity contribution in [3.63, 3.8) is 0 Å². The summed E-state index contributed by atoms with van der Waals surface area (Å²) in [5.41, 5.74) is 1.26. The Labute approximate surface area is 132 Å². The van der Waals surface area contributed by atoms with Gasteiger partial charge in [-0.25, -0.2) is 0 Å². The van der Waals surface area contributed by atoms with Crippen LogP contribution in [-0.4, -0.2) is 37.5 Å². The Morgan fingerprint density at radius 2 is 2.30 bits per heavy atom. The smallest absolute Gasteiger partial charge is 0.263 e. The Morgan fingerprint density at radius 1 is 1.55 bits per heavy atom. The topological polar surface area (TPSA) is 32.3 Å². The molecular weight excluding hydrogens is 292 g/mol. The highest BCUT2D eigenvalue weighted by Crippen LogP contribution is 2.25. The van der Waals surface area contributed by atoms with Gasteiger partial charge in [0.25, 0.3) is 5.91 Å². The van der Waals surface area contributed by atoms with E-state index >= 15 is 0 Å². The lowest BCUT2D eigenvalue weighted by Gasteiger charge is -2.32. The van der Waals surface area contributed by atoms with Crippen molar-refractivity contribution in [1.29, 1.82) is 0 Å². The van der Waals surface area contributed by atoms with Crippen molar-refractivity contribution in [1.82, 2.24) is 10.2 Å². The third-order valence-electron chi connectivity index (χ3n) is 3.85. The van der Waals surface area contributed by atoms with E-state index in [0.717, 1.165) is 37.4 Å². The summed E-state index contributed by atoms with van der Waals surface area (Å²) in [7, 11) is 1.98. The predicted octanol–water partition coefficient (Wildman–Crippen LogP) is 3.11. The summed E-state index contributed by atoms with van der Waals surface area (Å²) in [4.78, 5) is 16.8. The molecule has 1 unspecified atom stereocenters. The van der Waals surface area contributed by atoms with Crippen LogP contribution in [0.15, 0.2) is 6.07 Å². The molecule has 2 heterocycles. The van der Waals surface area contributed by atoms with Gasteiger partial charge in [0.15, 0.2) is 0 Å². The molecule has 0 radical (unpaired) electrons. The fourth-order valence-electron chi connectivity index (χ4n) is 2.84. The molecule has 1 atom stereocenters. The van der Waals surface area contributed by atoms with E-state index in [1.54, 1.807) is 11.3 Å². The Balaban J connectivity index is 0.00000200. The van der Waals surface area contributed by atoms with Gasteiger partial charge in [-0.05, 0) is 57.3 Å². The summed E-state index contributed by atoms with van der Waals surface area (Å²) >= 11 is 1.67. The molecule has 1 amide bonds. The first-order chi connectivity index (χ1) is 9.15. The van der Waals surface area contributed by atoms with Gasteiger partial charge in [-0.3, -0.25) is 4.79 Å². The van der Waals surface area contributed by atoms with E-state index in [2.05, 4.69) is 25.2 Å². The number of thiophene rings is 1. The Morgan fingerprint density at radius 3 is 2.90 bits per heavy atom. The third-order valence-corrected chi connectivity index (χ3v) is 5.22. The number of hydrogen-bond donors (Lipinski definition) is 1. The monoisotopic (exact) mass is 316 g/mol. The van der Waals surface area contributed by atoms with Gasteiger partial charge in [0.1, 0.15) is 0 Å². The van der Waals surface area contributed by atoms with Gasteiger partial charge in [0.2, 0.25) is 0 Å². The van der Waals surface area contributed by atoms with Crippen LogP contribution in [0.1, 0.15) is 39.9 Å². The molecule has 114 valence electrons. The quantitative estimate of drug-likeness (QED) is 0.925. The molecule has 1 fully saturated rings. The minimum atomic E-state index is 0. The second-order valence-electron chi connectivity index (χ2n) is 5.39. The number of carbonyl (C=O) groups excluding carboxylic acids is 1. The van der Waals surface area contributed by atoms with Crippen LogP contribution in [0.2, 0.25) is 0 Å².